The summed E-state index contributed by atoms with van der Waals surface area (Å²) >= 11 is 1.66. The van der Waals surface area contributed by atoms with Crippen LogP contribution in [-0.2, 0) is 11.3 Å². The third-order valence-corrected chi connectivity index (χ3v) is 4.63. The Bertz CT molecular complexity index is 572. The van der Waals surface area contributed by atoms with Crippen LogP contribution in [0.4, 0.5) is 0 Å². The Kier molecular flexibility index (Phi) is 5.20. The molecule has 6 nitrogen and oxygen atoms in total. The Morgan fingerprint density at radius 2 is 2.50 bits per heavy atom. The van der Waals surface area contributed by atoms with Gasteiger partial charge < -0.3 is 14.4 Å². The van der Waals surface area contributed by atoms with Gasteiger partial charge in [0.15, 0.2) is 5.82 Å². The molecular weight excluding hydrogens is 302 g/mol. The molecule has 22 heavy (non-hydrogen) atoms. The maximum absolute atomic E-state index is 10.2. The van der Waals surface area contributed by atoms with Crippen molar-refractivity contribution in [3.05, 3.63) is 34.1 Å². The van der Waals surface area contributed by atoms with Crippen LogP contribution in [0.3, 0.4) is 0 Å². The number of hydrogen-bond donors (Lipinski definition) is 1. The number of aliphatic hydroxyl groups excluding tert-OH is 1. The Morgan fingerprint density at radius 3 is 3.23 bits per heavy atom. The van der Waals surface area contributed by atoms with E-state index in [1.54, 1.807) is 18.3 Å². The van der Waals surface area contributed by atoms with Crippen molar-refractivity contribution < 1.29 is 14.4 Å². The fourth-order valence-electron chi connectivity index (χ4n) is 2.80. The monoisotopic (exact) mass is 323 g/mol. The summed E-state index contributed by atoms with van der Waals surface area (Å²) in [7, 11) is 0. The molecule has 1 fully saturated rings. The van der Waals surface area contributed by atoms with E-state index in [2.05, 4.69) is 15.0 Å². The zero-order chi connectivity index (χ0) is 15.4. The number of likely N-dealkylation sites (tertiary alicyclic amines) is 1. The van der Waals surface area contributed by atoms with Gasteiger partial charge in [0, 0.05) is 18.3 Å². The number of nitrogens with zero attached hydrogens (tertiary/aromatic N) is 3. The van der Waals surface area contributed by atoms with Crippen LogP contribution in [0.15, 0.2) is 22.0 Å². The minimum atomic E-state index is -0.506. The zero-order valence-electron chi connectivity index (χ0n) is 12.6. The lowest BCUT2D eigenvalue weighted by molar-refractivity contribution is 0.00785. The summed E-state index contributed by atoms with van der Waals surface area (Å²) in [6.45, 7) is 4.21. The second kappa shape index (κ2) is 7.32. The Balaban J connectivity index is 1.46. The molecule has 0 saturated carbocycles. The van der Waals surface area contributed by atoms with E-state index >= 15 is 0 Å². The first-order chi connectivity index (χ1) is 10.7. The van der Waals surface area contributed by atoms with Crippen LogP contribution in [-0.4, -0.2) is 45.9 Å². The van der Waals surface area contributed by atoms with Crippen LogP contribution in [0.2, 0.25) is 0 Å². The lowest BCUT2D eigenvalue weighted by atomic mass is 10.2. The topological polar surface area (TPSA) is 71.6 Å². The van der Waals surface area contributed by atoms with Gasteiger partial charge in [0.25, 0.3) is 0 Å². The number of thiophene rings is 1. The first-order valence-corrected chi connectivity index (χ1v) is 8.43. The maximum Gasteiger partial charge on any atom is 0.223 e. The minimum absolute atomic E-state index is 0.143. The summed E-state index contributed by atoms with van der Waals surface area (Å²) in [6.07, 6.45) is 1.58. The fraction of sp³-hybridized carbons (Fsp3) is 0.600. The highest BCUT2D eigenvalue weighted by molar-refractivity contribution is 7.09. The number of rotatable bonds is 7. The minimum Gasteiger partial charge on any atom is -0.389 e. The molecule has 0 unspecified atom stereocenters. The smallest absolute Gasteiger partial charge is 0.223 e. The van der Waals surface area contributed by atoms with E-state index < -0.39 is 6.10 Å². The van der Waals surface area contributed by atoms with Crippen molar-refractivity contribution in [2.24, 2.45) is 0 Å². The summed E-state index contributed by atoms with van der Waals surface area (Å²) in [5.74, 6) is 1.31. The van der Waals surface area contributed by atoms with Gasteiger partial charge in [-0.25, -0.2) is 0 Å². The SMILES string of the molecule is Cc1nc([C@@H]2CCCN2C[C@@H](O)COCc2cccs2)no1. The molecule has 1 aliphatic rings. The number of ether oxygens (including phenoxy) is 1. The van der Waals surface area contributed by atoms with Crippen molar-refractivity contribution in [1.29, 1.82) is 0 Å². The Morgan fingerprint density at radius 1 is 1.59 bits per heavy atom. The third-order valence-electron chi connectivity index (χ3n) is 3.78. The molecule has 1 saturated heterocycles. The van der Waals surface area contributed by atoms with E-state index in [-0.39, 0.29) is 6.04 Å². The van der Waals surface area contributed by atoms with Gasteiger partial charge in [-0.2, -0.15) is 4.98 Å². The lowest BCUT2D eigenvalue weighted by Crippen LogP contribution is -2.35. The van der Waals surface area contributed by atoms with Crippen LogP contribution < -0.4 is 0 Å². The first-order valence-electron chi connectivity index (χ1n) is 7.55. The highest BCUT2D eigenvalue weighted by atomic mass is 32.1. The molecule has 7 heteroatoms. The number of aryl methyl sites for hydroxylation is 1. The van der Waals surface area contributed by atoms with Crippen LogP contribution in [0.5, 0.6) is 0 Å². The summed E-state index contributed by atoms with van der Waals surface area (Å²) in [5.41, 5.74) is 0. The molecule has 2 atom stereocenters. The summed E-state index contributed by atoms with van der Waals surface area (Å²) in [5, 5.41) is 16.2. The second-order valence-corrected chi connectivity index (χ2v) is 6.61. The highest BCUT2D eigenvalue weighted by Gasteiger charge is 2.30. The van der Waals surface area contributed by atoms with Crippen LogP contribution in [0.25, 0.3) is 0 Å². The summed E-state index contributed by atoms with van der Waals surface area (Å²) in [4.78, 5) is 7.70. The van der Waals surface area contributed by atoms with Crippen molar-refractivity contribution >= 4 is 11.3 Å². The number of aliphatic hydroxyl groups is 1. The predicted octanol–water partition coefficient (Wildman–Crippen LogP) is 2.15. The molecule has 0 aliphatic carbocycles. The molecule has 0 aromatic carbocycles. The molecule has 0 radical (unpaired) electrons. The van der Waals surface area contributed by atoms with E-state index in [1.807, 2.05) is 17.5 Å². The standard InChI is InChI=1S/C15H21N3O3S/c1-11-16-15(17-21-11)14-5-2-6-18(14)8-12(19)9-20-10-13-4-3-7-22-13/h3-4,7,12,14,19H,2,5-6,8-10H2,1H3/t12-,14+/m1/s1. The predicted molar refractivity (Wildman–Crippen MR) is 82.6 cm³/mol. The van der Waals surface area contributed by atoms with Crippen LogP contribution >= 0.6 is 11.3 Å². The van der Waals surface area contributed by atoms with Gasteiger partial charge in [-0.05, 0) is 30.8 Å². The number of aromatic nitrogens is 2. The molecule has 2 aromatic rings. The second-order valence-electron chi connectivity index (χ2n) is 5.57. The largest absolute Gasteiger partial charge is 0.389 e. The maximum atomic E-state index is 10.2. The van der Waals surface area contributed by atoms with Crippen molar-refractivity contribution in [2.75, 3.05) is 19.7 Å². The summed E-state index contributed by atoms with van der Waals surface area (Å²) in [6, 6.07) is 4.18. The highest BCUT2D eigenvalue weighted by Crippen LogP contribution is 2.30. The number of β-amino-alcohol motifs (C(OH)–C–C–N with tert-alkyl or cyclic N) is 1. The third kappa shape index (κ3) is 3.92. The molecule has 1 aliphatic heterocycles. The molecule has 3 rings (SSSR count). The van der Waals surface area contributed by atoms with Gasteiger partial charge in [0.2, 0.25) is 5.89 Å². The normalized spacial score (nSPS) is 20.5. The van der Waals surface area contributed by atoms with E-state index in [4.69, 9.17) is 9.26 Å². The van der Waals surface area contributed by atoms with Gasteiger partial charge in [-0.15, -0.1) is 11.3 Å². The Hall–Kier alpha value is -1.28. The number of hydrogen-bond acceptors (Lipinski definition) is 7. The first kappa shape index (κ1) is 15.6. The van der Waals surface area contributed by atoms with Gasteiger partial charge in [0.1, 0.15) is 0 Å². The van der Waals surface area contributed by atoms with Crippen molar-refractivity contribution in [1.82, 2.24) is 15.0 Å². The van der Waals surface area contributed by atoms with Gasteiger partial charge in [-0.1, -0.05) is 11.2 Å². The molecule has 0 bridgehead atoms. The van der Waals surface area contributed by atoms with Crippen molar-refractivity contribution in [2.45, 2.75) is 38.5 Å². The molecule has 2 aromatic heterocycles. The zero-order valence-corrected chi connectivity index (χ0v) is 13.5. The van der Waals surface area contributed by atoms with Gasteiger partial charge in [0.05, 0.1) is 25.4 Å². The van der Waals surface area contributed by atoms with E-state index in [0.29, 0.717) is 25.6 Å². The molecule has 0 spiro atoms. The Labute approximate surface area is 133 Å². The van der Waals surface area contributed by atoms with Gasteiger partial charge in [-0.3, -0.25) is 4.90 Å². The average molecular weight is 323 g/mol. The molecule has 1 N–H and O–H groups in total. The van der Waals surface area contributed by atoms with Gasteiger partial charge >= 0.3 is 0 Å². The lowest BCUT2D eigenvalue weighted by Gasteiger charge is -2.24. The molecule has 0 amide bonds. The molecule has 3 heterocycles. The quantitative estimate of drug-likeness (QED) is 0.842. The van der Waals surface area contributed by atoms with E-state index in [1.165, 1.54) is 4.88 Å². The van der Waals surface area contributed by atoms with Crippen LogP contribution in [0, 0.1) is 6.92 Å². The summed E-state index contributed by atoms with van der Waals surface area (Å²) < 4.78 is 10.6. The van der Waals surface area contributed by atoms with Crippen molar-refractivity contribution in [3.8, 4) is 0 Å². The van der Waals surface area contributed by atoms with E-state index in [9.17, 15) is 5.11 Å². The average Bonchev–Trinajstić information content (AvgIpc) is 3.20. The molecule has 120 valence electrons. The van der Waals surface area contributed by atoms with Crippen LogP contribution in [0.1, 0.15) is 35.5 Å². The fourth-order valence-corrected chi connectivity index (χ4v) is 3.44. The van der Waals surface area contributed by atoms with Crippen molar-refractivity contribution in [3.63, 3.8) is 0 Å². The molecular formula is C15H21N3O3S. The van der Waals surface area contributed by atoms with E-state index in [0.717, 1.165) is 25.2 Å².